The van der Waals surface area contributed by atoms with Gasteiger partial charge in [-0.3, -0.25) is 24.0 Å². The number of halogens is 4. The van der Waals surface area contributed by atoms with Crippen molar-refractivity contribution in [2.45, 2.75) is 69.6 Å². The number of amides is 5. The van der Waals surface area contributed by atoms with Crippen LogP contribution in [0.3, 0.4) is 0 Å². The lowest BCUT2D eigenvalue weighted by molar-refractivity contribution is -0.159. The van der Waals surface area contributed by atoms with Gasteiger partial charge in [0.1, 0.15) is 17.8 Å². The molecule has 4 aliphatic rings. The molecule has 4 fully saturated rings. The van der Waals surface area contributed by atoms with E-state index in [1.54, 1.807) is 0 Å². The molecule has 218 valence electrons. The van der Waals surface area contributed by atoms with Crippen molar-refractivity contribution in [3.63, 3.8) is 0 Å². The molecule has 9 atom stereocenters. The topological polar surface area (TPSA) is 165 Å². The summed E-state index contributed by atoms with van der Waals surface area (Å²) in [6, 6.07) is -1.62. The smallest absolute Gasteiger partial charge is 0.369 e. The Bertz CT molecular complexity index is 1080. The number of nitrogens with two attached hydrogens (primary N) is 2. The summed E-state index contributed by atoms with van der Waals surface area (Å²) in [5, 5.41) is 0.327. The number of nitrogens with zero attached hydrogens (tertiary/aromatic N) is 1. The minimum atomic E-state index is -4.32. The van der Waals surface area contributed by atoms with Crippen LogP contribution in [-0.4, -0.2) is 70.7 Å². The maximum atomic E-state index is 15.2. The summed E-state index contributed by atoms with van der Waals surface area (Å²) in [6.07, 6.45) is -0.518. The van der Waals surface area contributed by atoms with Crippen LogP contribution >= 0.6 is 11.6 Å². The third kappa shape index (κ3) is 4.74. The molecule has 39 heavy (non-hydrogen) atoms. The Labute approximate surface area is 229 Å². The Hall–Kier alpha value is -2.57. The van der Waals surface area contributed by atoms with Crippen LogP contribution in [0.5, 0.6) is 0 Å². The van der Waals surface area contributed by atoms with Gasteiger partial charge < -0.3 is 27.0 Å². The van der Waals surface area contributed by atoms with E-state index in [0.29, 0.717) is 19.4 Å². The Morgan fingerprint density at radius 1 is 1.18 bits per heavy atom. The van der Waals surface area contributed by atoms with E-state index in [9.17, 15) is 32.8 Å². The molecule has 0 aromatic heterocycles. The molecule has 2 aliphatic carbocycles. The average molecular weight is 578 g/mol. The lowest BCUT2D eigenvalue weighted by Crippen LogP contribution is -2.70. The van der Waals surface area contributed by atoms with Gasteiger partial charge in [0.2, 0.25) is 23.6 Å². The fourth-order valence-corrected chi connectivity index (χ4v) is 7.75. The molecule has 14 heteroatoms. The van der Waals surface area contributed by atoms with Crippen molar-refractivity contribution in [3.8, 4) is 0 Å². The lowest BCUT2D eigenvalue weighted by atomic mass is 9.63. The van der Waals surface area contributed by atoms with Gasteiger partial charge in [0.25, 0.3) is 0 Å². The molecule has 10 nitrogen and oxygen atoms in total. The number of nitrogens with one attached hydrogen (secondary N) is 2. The van der Waals surface area contributed by atoms with E-state index in [1.165, 1.54) is 20.8 Å². The van der Waals surface area contributed by atoms with E-state index < -0.39 is 81.8 Å². The largest absolute Gasteiger partial charge is 0.399 e. The molecular weight excluding hydrogens is 543 g/mol. The summed E-state index contributed by atoms with van der Waals surface area (Å²) in [4.78, 5) is 66.6. The molecule has 6 unspecified atom stereocenters. The van der Waals surface area contributed by atoms with Crippen molar-refractivity contribution in [1.82, 2.24) is 15.5 Å². The molecule has 4 rings (SSSR count). The second-order valence-corrected chi connectivity index (χ2v) is 13.0. The molecular formula is C25H35ClF3N5O5. The molecule has 6 N–H and O–H groups in total. The predicted octanol–water partition coefficient (Wildman–Crippen LogP) is 0.653. The first kappa shape index (κ1) is 29.4. The normalized spacial score (nSPS) is 35.4. The number of rotatable bonds is 8. The number of carbonyl (C=O) groups is 5. The van der Waals surface area contributed by atoms with Crippen LogP contribution in [-0.2, 0) is 24.0 Å². The van der Waals surface area contributed by atoms with E-state index in [-0.39, 0.29) is 31.2 Å². The summed E-state index contributed by atoms with van der Waals surface area (Å²) >= 11 is 4.90. The van der Waals surface area contributed by atoms with E-state index in [1.807, 2.05) is 5.32 Å². The zero-order valence-corrected chi connectivity index (χ0v) is 22.8. The van der Waals surface area contributed by atoms with Crippen LogP contribution in [0.25, 0.3) is 0 Å². The van der Waals surface area contributed by atoms with Gasteiger partial charge >= 0.3 is 11.3 Å². The van der Waals surface area contributed by atoms with Gasteiger partial charge in [0.15, 0.2) is 0 Å². The molecule has 2 saturated heterocycles. The highest BCUT2D eigenvalue weighted by Crippen LogP contribution is 2.63. The second kappa shape index (κ2) is 9.81. The van der Waals surface area contributed by atoms with Crippen molar-refractivity contribution in [2.75, 3.05) is 13.1 Å². The van der Waals surface area contributed by atoms with Crippen LogP contribution < -0.4 is 22.1 Å². The number of likely N-dealkylation sites (tertiary alicyclic amines) is 1. The van der Waals surface area contributed by atoms with Crippen LogP contribution in [0.15, 0.2) is 0 Å². The van der Waals surface area contributed by atoms with Crippen molar-refractivity contribution in [3.05, 3.63) is 0 Å². The number of carbonyl (C=O) groups excluding carboxylic acids is 5. The highest BCUT2D eigenvalue weighted by atomic mass is 35.5. The first-order valence-corrected chi connectivity index (χ1v) is 13.5. The number of primary amides is 2. The molecule has 0 aromatic carbocycles. The summed E-state index contributed by atoms with van der Waals surface area (Å²) in [5.74, 6) is -9.65. The number of hydrogen-bond acceptors (Lipinski definition) is 5. The van der Waals surface area contributed by atoms with Crippen molar-refractivity contribution in [1.29, 1.82) is 0 Å². The molecule has 0 aromatic rings. The first-order valence-electron chi connectivity index (χ1n) is 13.1. The highest BCUT2D eigenvalue weighted by Gasteiger charge is 2.73. The molecule has 2 bridgehead atoms. The minimum absolute atomic E-state index is 0.110. The Morgan fingerprint density at radius 2 is 1.82 bits per heavy atom. The molecule has 2 aliphatic heterocycles. The predicted molar refractivity (Wildman–Crippen MR) is 132 cm³/mol. The van der Waals surface area contributed by atoms with Gasteiger partial charge in [-0.15, -0.1) is 0 Å². The highest BCUT2D eigenvalue weighted by molar-refractivity contribution is 6.32. The molecule has 2 heterocycles. The van der Waals surface area contributed by atoms with E-state index in [4.69, 9.17) is 23.1 Å². The number of fused-ring (bicyclic) bond motifs is 5. The monoisotopic (exact) mass is 577 g/mol. The summed E-state index contributed by atoms with van der Waals surface area (Å²) in [6.45, 7) is 4.78. The average Bonchev–Trinajstić information content (AvgIpc) is 3.54. The first-order chi connectivity index (χ1) is 17.9. The number of hydrogen-bond donors (Lipinski definition) is 4. The van der Waals surface area contributed by atoms with Gasteiger partial charge in [-0.2, -0.15) is 8.78 Å². The maximum Gasteiger partial charge on any atom is 0.399 e. The van der Waals surface area contributed by atoms with Gasteiger partial charge in [0, 0.05) is 24.9 Å². The standard InChI is InChI=1S/C25H35ClF3N5O5/c1-23(2,3)17(33-22(39)25(26,28)29)20(37)34-9-13-11-6-12(15(27)8-11)16(13)24(34,21(31)38)14(18(30)35)7-10-4-5-32-19(10)36/h10-17H,4-9H2,1-3H3,(H2,30,35)(H2,31,38)(H,32,36)(H,33,39)/t10-,11?,12?,13?,14-,15?,16?,17-,24?/m1/s1. The van der Waals surface area contributed by atoms with Crippen LogP contribution in [0.4, 0.5) is 13.2 Å². The fourth-order valence-electron chi connectivity index (χ4n) is 7.69. The van der Waals surface area contributed by atoms with Crippen molar-refractivity contribution in [2.24, 2.45) is 52.4 Å². The third-order valence-corrected chi connectivity index (χ3v) is 9.48. The van der Waals surface area contributed by atoms with E-state index in [2.05, 4.69) is 5.32 Å². The minimum Gasteiger partial charge on any atom is -0.369 e. The molecule has 5 amide bonds. The van der Waals surface area contributed by atoms with E-state index >= 15 is 4.39 Å². The van der Waals surface area contributed by atoms with Gasteiger partial charge in [-0.05, 0) is 60.5 Å². The molecule has 0 radical (unpaired) electrons. The van der Waals surface area contributed by atoms with Crippen LogP contribution in [0.2, 0.25) is 0 Å². The fraction of sp³-hybridized carbons (Fsp3) is 0.800. The summed E-state index contributed by atoms with van der Waals surface area (Å²) in [7, 11) is 0. The SMILES string of the molecule is CC(C)(C)[C@H](NC(=O)C(F)(F)Cl)C(=O)N1CC2C3CC(F)C(C3)C2C1(C(N)=O)[C@H](C[C@H]1CCNC1=O)C(N)=O. The zero-order valence-electron chi connectivity index (χ0n) is 22.0. The van der Waals surface area contributed by atoms with Crippen LogP contribution in [0, 0.1) is 40.9 Å². The van der Waals surface area contributed by atoms with Gasteiger partial charge in [-0.1, -0.05) is 20.8 Å². The quantitative estimate of drug-likeness (QED) is 0.311. The number of alkyl halides is 4. The third-order valence-electron chi connectivity index (χ3n) is 9.31. The summed E-state index contributed by atoms with van der Waals surface area (Å²) < 4.78 is 42.5. The Morgan fingerprint density at radius 3 is 2.31 bits per heavy atom. The Kier molecular flexibility index (Phi) is 7.40. The summed E-state index contributed by atoms with van der Waals surface area (Å²) in [5.41, 5.74) is 8.59. The van der Waals surface area contributed by atoms with Gasteiger partial charge in [0.05, 0.1) is 5.92 Å². The van der Waals surface area contributed by atoms with E-state index in [0.717, 1.165) is 4.90 Å². The molecule has 0 spiro atoms. The second-order valence-electron chi connectivity index (χ2n) is 12.5. The van der Waals surface area contributed by atoms with Gasteiger partial charge in [-0.25, -0.2) is 4.39 Å². The zero-order chi connectivity index (χ0) is 29.2. The Balaban J connectivity index is 1.85. The maximum absolute atomic E-state index is 15.2. The van der Waals surface area contributed by atoms with Crippen LogP contribution in [0.1, 0.15) is 46.5 Å². The lowest BCUT2D eigenvalue weighted by Gasteiger charge is -2.48. The van der Waals surface area contributed by atoms with Crippen molar-refractivity contribution >= 4 is 41.1 Å². The van der Waals surface area contributed by atoms with Crippen molar-refractivity contribution < 1.29 is 37.1 Å². The molecule has 2 saturated carbocycles.